The average molecular weight is 421 g/mol. The lowest BCUT2D eigenvalue weighted by molar-refractivity contribution is 0.301. The Kier molecular flexibility index (Phi) is 5.64. The van der Waals surface area contributed by atoms with Crippen LogP contribution in [0, 0.1) is 11.3 Å². The molecule has 0 spiro atoms. The van der Waals surface area contributed by atoms with E-state index in [0.29, 0.717) is 28.8 Å². The third-order valence-electron chi connectivity index (χ3n) is 5.09. The highest BCUT2D eigenvalue weighted by Crippen LogP contribution is 2.45. The molecule has 1 aliphatic heterocycles. The third-order valence-corrected chi connectivity index (χ3v) is 5.46. The van der Waals surface area contributed by atoms with Crippen LogP contribution in [0.15, 0.2) is 60.0 Å². The number of H-pyrrole nitrogens is 1. The van der Waals surface area contributed by atoms with Crippen molar-refractivity contribution in [1.82, 2.24) is 10.2 Å². The fourth-order valence-corrected chi connectivity index (χ4v) is 3.87. The number of fused-ring (bicyclic) bond motifs is 1. The van der Waals surface area contributed by atoms with Crippen molar-refractivity contribution in [2.24, 2.45) is 5.73 Å². The van der Waals surface area contributed by atoms with Crippen LogP contribution in [0.1, 0.15) is 41.6 Å². The molecular formula is C23H21ClN4O2. The summed E-state index contributed by atoms with van der Waals surface area (Å²) in [4.78, 5) is 0. The van der Waals surface area contributed by atoms with Gasteiger partial charge in [-0.3, -0.25) is 5.10 Å². The number of rotatable bonds is 6. The second-order valence-corrected chi connectivity index (χ2v) is 7.42. The van der Waals surface area contributed by atoms with Gasteiger partial charge in [0.15, 0.2) is 0 Å². The van der Waals surface area contributed by atoms with E-state index in [0.717, 1.165) is 35.2 Å². The summed E-state index contributed by atoms with van der Waals surface area (Å²) in [6.07, 6.45) is 1.70. The quantitative estimate of drug-likeness (QED) is 0.596. The van der Waals surface area contributed by atoms with Crippen molar-refractivity contribution in [3.8, 4) is 17.7 Å². The maximum atomic E-state index is 9.86. The Labute approximate surface area is 179 Å². The SMILES string of the molecule is CCCc1[nH]nc2c1[C@@H](c1ccccc1OCc1ccccc1Cl)C(C#N)=C(N)O2. The molecule has 7 heteroatoms. The zero-order chi connectivity index (χ0) is 21.1. The number of para-hydroxylation sites is 1. The molecule has 3 N–H and O–H groups in total. The summed E-state index contributed by atoms with van der Waals surface area (Å²) in [5, 5.41) is 17.8. The Bertz CT molecular complexity index is 1150. The molecule has 6 nitrogen and oxygen atoms in total. The number of ether oxygens (including phenoxy) is 2. The number of hydrogen-bond acceptors (Lipinski definition) is 5. The molecule has 1 atom stereocenters. The number of aryl methyl sites for hydroxylation is 1. The minimum Gasteiger partial charge on any atom is -0.489 e. The van der Waals surface area contributed by atoms with Crippen molar-refractivity contribution in [3.63, 3.8) is 0 Å². The molecule has 2 heterocycles. The van der Waals surface area contributed by atoms with Gasteiger partial charge in [0.2, 0.25) is 11.8 Å². The number of nitrogens with zero attached hydrogens (tertiary/aromatic N) is 2. The van der Waals surface area contributed by atoms with E-state index < -0.39 is 5.92 Å². The van der Waals surface area contributed by atoms with Gasteiger partial charge < -0.3 is 15.2 Å². The fraction of sp³-hybridized carbons (Fsp3) is 0.217. The summed E-state index contributed by atoms with van der Waals surface area (Å²) in [6, 6.07) is 17.4. The second kappa shape index (κ2) is 8.52. The van der Waals surface area contributed by atoms with Crippen molar-refractivity contribution in [3.05, 3.63) is 87.4 Å². The highest BCUT2D eigenvalue weighted by molar-refractivity contribution is 6.31. The molecule has 152 valence electrons. The molecule has 3 aromatic rings. The monoisotopic (exact) mass is 420 g/mol. The minimum absolute atomic E-state index is 0.0606. The standard InChI is InChI=1S/C23H21ClN4O2/c1-2-7-18-21-20(16(12-25)22(26)30-23(21)28-27-18)15-9-4-6-11-19(15)29-13-14-8-3-5-10-17(14)24/h3-6,8-11,20H,2,7,13,26H2,1H3,(H,27,28)/t20-/m0/s1. The van der Waals surface area contributed by atoms with Crippen LogP contribution in [0.4, 0.5) is 0 Å². The molecule has 30 heavy (non-hydrogen) atoms. The van der Waals surface area contributed by atoms with E-state index in [2.05, 4.69) is 23.2 Å². The van der Waals surface area contributed by atoms with Crippen molar-refractivity contribution in [1.29, 1.82) is 5.26 Å². The molecule has 0 saturated heterocycles. The van der Waals surface area contributed by atoms with Gasteiger partial charge in [-0.15, -0.1) is 5.10 Å². The van der Waals surface area contributed by atoms with Crippen LogP contribution in [-0.2, 0) is 13.0 Å². The molecule has 0 aliphatic carbocycles. The van der Waals surface area contributed by atoms with Crippen molar-refractivity contribution < 1.29 is 9.47 Å². The van der Waals surface area contributed by atoms with Crippen LogP contribution in [-0.4, -0.2) is 10.2 Å². The Morgan fingerprint density at radius 1 is 1.23 bits per heavy atom. The molecule has 2 aromatic carbocycles. The lowest BCUT2D eigenvalue weighted by atomic mass is 9.83. The minimum atomic E-state index is -0.429. The van der Waals surface area contributed by atoms with E-state index in [1.54, 1.807) is 0 Å². The maximum Gasteiger partial charge on any atom is 0.244 e. The Balaban J connectivity index is 1.77. The molecule has 0 bridgehead atoms. The number of aromatic nitrogens is 2. The number of nitriles is 1. The molecule has 4 rings (SSSR count). The summed E-state index contributed by atoms with van der Waals surface area (Å²) in [6.45, 7) is 2.39. The normalized spacial score (nSPS) is 15.3. The van der Waals surface area contributed by atoms with E-state index in [1.807, 2.05) is 48.5 Å². The summed E-state index contributed by atoms with van der Waals surface area (Å²) in [7, 11) is 0. The van der Waals surface area contributed by atoms with Crippen molar-refractivity contribution >= 4 is 11.6 Å². The van der Waals surface area contributed by atoms with Gasteiger partial charge in [0.05, 0.1) is 11.5 Å². The largest absolute Gasteiger partial charge is 0.489 e. The van der Waals surface area contributed by atoms with Gasteiger partial charge in [-0.1, -0.05) is 61.3 Å². The third kappa shape index (κ3) is 3.60. The smallest absolute Gasteiger partial charge is 0.244 e. The first kappa shape index (κ1) is 19.9. The van der Waals surface area contributed by atoms with E-state index in [4.69, 9.17) is 26.8 Å². The number of allylic oxidation sites excluding steroid dienone is 1. The van der Waals surface area contributed by atoms with Gasteiger partial charge in [-0.2, -0.15) is 5.26 Å². The van der Waals surface area contributed by atoms with Gasteiger partial charge in [-0.25, -0.2) is 0 Å². The zero-order valence-electron chi connectivity index (χ0n) is 16.5. The van der Waals surface area contributed by atoms with Gasteiger partial charge >= 0.3 is 0 Å². The zero-order valence-corrected chi connectivity index (χ0v) is 17.2. The van der Waals surface area contributed by atoms with Gasteiger partial charge in [0, 0.05) is 21.8 Å². The molecule has 0 fully saturated rings. The lowest BCUT2D eigenvalue weighted by Crippen LogP contribution is -2.21. The van der Waals surface area contributed by atoms with Crippen molar-refractivity contribution in [2.75, 3.05) is 0 Å². The van der Waals surface area contributed by atoms with Crippen LogP contribution >= 0.6 is 11.6 Å². The molecule has 0 unspecified atom stereocenters. The molecule has 0 radical (unpaired) electrons. The van der Waals surface area contributed by atoms with Crippen LogP contribution < -0.4 is 15.2 Å². The van der Waals surface area contributed by atoms with Crippen LogP contribution in [0.5, 0.6) is 11.6 Å². The van der Waals surface area contributed by atoms with Gasteiger partial charge in [0.25, 0.3) is 0 Å². The van der Waals surface area contributed by atoms with Crippen LogP contribution in [0.3, 0.4) is 0 Å². The molecular weight excluding hydrogens is 400 g/mol. The predicted molar refractivity (Wildman–Crippen MR) is 114 cm³/mol. The van der Waals surface area contributed by atoms with E-state index >= 15 is 0 Å². The number of benzene rings is 2. The van der Waals surface area contributed by atoms with Gasteiger partial charge in [-0.05, 0) is 18.6 Å². The number of hydrogen-bond donors (Lipinski definition) is 2. The van der Waals surface area contributed by atoms with Gasteiger partial charge in [0.1, 0.15) is 24.0 Å². The fourth-order valence-electron chi connectivity index (χ4n) is 3.68. The highest BCUT2D eigenvalue weighted by Gasteiger charge is 2.36. The number of nitrogens with two attached hydrogens (primary N) is 1. The Hall–Kier alpha value is -3.43. The van der Waals surface area contributed by atoms with Crippen LogP contribution in [0.25, 0.3) is 0 Å². The topological polar surface area (TPSA) is 97.0 Å². The predicted octanol–water partition coefficient (Wildman–Crippen LogP) is 4.81. The molecule has 1 aliphatic rings. The summed E-state index contributed by atoms with van der Waals surface area (Å²) < 4.78 is 11.8. The maximum absolute atomic E-state index is 9.86. The molecule has 1 aromatic heterocycles. The van der Waals surface area contributed by atoms with E-state index in [9.17, 15) is 5.26 Å². The first-order valence-electron chi connectivity index (χ1n) is 9.73. The first-order valence-corrected chi connectivity index (χ1v) is 10.1. The van der Waals surface area contributed by atoms with E-state index in [-0.39, 0.29) is 5.88 Å². The summed E-state index contributed by atoms with van der Waals surface area (Å²) >= 11 is 6.28. The molecule has 0 amide bonds. The summed E-state index contributed by atoms with van der Waals surface area (Å²) in [5.41, 5.74) is 9.88. The summed E-state index contributed by atoms with van der Waals surface area (Å²) in [5.74, 6) is 0.687. The van der Waals surface area contributed by atoms with Crippen molar-refractivity contribution in [2.45, 2.75) is 32.3 Å². The number of nitrogens with one attached hydrogen (secondary N) is 1. The van der Waals surface area contributed by atoms with E-state index in [1.165, 1.54) is 0 Å². The average Bonchev–Trinajstić information content (AvgIpc) is 3.15. The van der Waals surface area contributed by atoms with Crippen LogP contribution in [0.2, 0.25) is 5.02 Å². The number of halogens is 1. The lowest BCUT2D eigenvalue weighted by Gasteiger charge is -2.25. The Morgan fingerprint density at radius 2 is 2.00 bits per heavy atom. The Morgan fingerprint density at radius 3 is 2.77 bits per heavy atom. The second-order valence-electron chi connectivity index (χ2n) is 7.01. The molecule has 0 saturated carbocycles. The highest BCUT2D eigenvalue weighted by atomic mass is 35.5. The number of aromatic amines is 1. The first-order chi connectivity index (χ1) is 14.6.